The van der Waals surface area contributed by atoms with Gasteiger partial charge in [-0.25, -0.2) is 0 Å². The molecule has 0 fully saturated rings. The molecule has 4 heteroatoms. The molecule has 0 aliphatic carbocycles. The van der Waals surface area contributed by atoms with Crippen molar-refractivity contribution in [1.82, 2.24) is 0 Å². The zero-order valence-electron chi connectivity index (χ0n) is 10.8. The molecular weight excluding hydrogens is 254 g/mol. The van der Waals surface area contributed by atoms with Crippen LogP contribution in [0.3, 0.4) is 0 Å². The summed E-state index contributed by atoms with van der Waals surface area (Å²) in [6.07, 6.45) is 0.455. The van der Waals surface area contributed by atoms with Gasteiger partial charge in [-0.3, -0.25) is 4.79 Å². The molecule has 100 valence electrons. The molecule has 0 saturated carbocycles. The number of hydrogen-bond donors (Lipinski definition) is 1. The Labute approximate surface area is 116 Å². The lowest BCUT2D eigenvalue weighted by Gasteiger charge is -2.26. The van der Waals surface area contributed by atoms with Crippen LogP contribution in [0.25, 0.3) is 0 Å². The standard InChI is InChI=1S/C16H13NO3/c18-14-7-12(10-4-2-1-3-5-10)17-13-8-16-15(6-11(13)14)19-9-20-16/h1-6,8,12,17H,7,9H2/t12-/m1/s1. The van der Waals surface area contributed by atoms with Gasteiger partial charge in [0.05, 0.1) is 6.04 Å². The number of ether oxygens (including phenoxy) is 2. The van der Waals surface area contributed by atoms with Gasteiger partial charge in [-0.15, -0.1) is 0 Å². The third-order valence-electron chi connectivity index (χ3n) is 3.73. The molecule has 0 unspecified atom stereocenters. The summed E-state index contributed by atoms with van der Waals surface area (Å²) >= 11 is 0. The Morgan fingerprint density at radius 2 is 1.80 bits per heavy atom. The van der Waals surface area contributed by atoms with E-state index >= 15 is 0 Å². The van der Waals surface area contributed by atoms with Crippen LogP contribution in [0.5, 0.6) is 11.5 Å². The van der Waals surface area contributed by atoms with Crippen molar-refractivity contribution in [1.29, 1.82) is 0 Å². The lowest BCUT2D eigenvalue weighted by Crippen LogP contribution is -2.22. The number of carbonyl (C=O) groups excluding carboxylic acids is 1. The Morgan fingerprint density at radius 1 is 1.05 bits per heavy atom. The van der Waals surface area contributed by atoms with Crippen LogP contribution in [0.4, 0.5) is 5.69 Å². The summed E-state index contributed by atoms with van der Waals surface area (Å²) in [5.74, 6) is 1.47. The highest BCUT2D eigenvalue weighted by Crippen LogP contribution is 2.41. The van der Waals surface area contributed by atoms with Crippen molar-refractivity contribution >= 4 is 11.5 Å². The van der Waals surface area contributed by atoms with Gasteiger partial charge < -0.3 is 14.8 Å². The van der Waals surface area contributed by atoms with Gasteiger partial charge in [-0.1, -0.05) is 30.3 Å². The monoisotopic (exact) mass is 267 g/mol. The zero-order valence-corrected chi connectivity index (χ0v) is 10.8. The Hall–Kier alpha value is -2.49. The molecule has 0 spiro atoms. The minimum Gasteiger partial charge on any atom is -0.454 e. The number of carbonyl (C=O) groups is 1. The fourth-order valence-corrected chi connectivity index (χ4v) is 2.71. The van der Waals surface area contributed by atoms with Crippen molar-refractivity contribution in [3.63, 3.8) is 0 Å². The van der Waals surface area contributed by atoms with E-state index in [0.717, 1.165) is 11.3 Å². The van der Waals surface area contributed by atoms with E-state index in [2.05, 4.69) is 5.32 Å². The maximum atomic E-state index is 12.3. The molecule has 20 heavy (non-hydrogen) atoms. The van der Waals surface area contributed by atoms with Crippen LogP contribution >= 0.6 is 0 Å². The van der Waals surface area contributed by atoms with Gasteiger partial charge in [-0.2, -0.15) is 0 Å². The van der Waals surface area contributed by atoms with E-state index in [4.69, 9.17) is 9.47 Å². The molecule has 4 rings (SSSR count). The van der Waals surface area contributed by atoms with Crippen molar-refractivity contribution in [3.8, 4) is 11.5 Å². The maximum Gasteiger partial charge on any atom is 0.231 e. The fraction of sp³-hybridized carbons (Fsp3) is 0.188. The molecule has 2 aromatic carbocycles. The first-order chi connectivity index (χ1) is 9.81. The highest BCUT2D eigenvalue weighted by atomic mass is 16.7. The normalized spacial score (nSPS) is 19.4. The first-order valence-corrected chi connectivity index (χ1v) is 6.59. The molecule has 0 bridgehead atoms. The number of nitrogens with one attached hydrogen (secondary N) is 1. The second kappa shape index (κ2) is 4.27. The SMILES string of the molecule is O=C1C[C@H](c2ccccc2)Nc2cc3c(cc21)OCO3. The second-order valence-corrected chi connectivity index (χ2v) is 4.99. The molecule has 2 aliphatic rings. The highest BCUT2D eigenvalue weighted by molar-refractivity contribution is 6.04. The molecule has 0 amide bonds. The number of Topliss-reactive ketones (excluding diaryl/α,β-unsaturated/α-hetero) is 1. The third-order valence-corrected chi connectivity index (χ3v) is 3.73. The van der Waals surface area contributed by atoms with Crippen molar-refractivity contribution in [2.45, 2.75) is 12.5 Å². The van der Waals surface area contributed by atoms with E-state index < -0.39 is 0 Å². The maximum absolute atomic E-state index is 12.3. The average Bonchev–Trinajstić information content (AvgIpc) is 2.93. The average molecular weight is 267 g/mol. The first-order valence-electron chi connectivity index (χ1n) is 6.59. The number of benzene rings is 2. The van der Waals surface area contributed by atoms with E-state index in [9.17, 15) is 4.79 Å². The van der Waals surface area contributed by atoms with E-state index in [1.165, 1.54) is 0 Å². The van der Waals surface area contributed by atoms with E-state index in [1.54, 1.807) is 6.07 Å². The summed E-state index contributed by atoms with van der Waals surface area (Å²) < 4.78 is 10.7. The summed E-state index contributed by atoms with van der Waals surface area (Å²) in [6.45, 7) is 0.217. The van der Waals surface area contributed by atoms with Crippen molar-refractivity contribution in [2.75, 3.05) is 12.1 Å². The molecular formula is C16H13NO3. The lowest BCUT2D eigenvalue weighted by molar-refractivity contribution is 0.0972. The van der Waals surface area contributed by atoms with Gasteiger partial charge in [0.25, 0.3) is 0 Å². The van der Waals surface area contributed by atoms with Gasteiger partial charge in [-0.05, 0) is 11.6 Å². The topological polar surface area (TPSA) is 47.6 Å². The zero-order chi connectivity index (χ0) is 13.5. The van der Waals surface area contributed by atoms with Crippen LogP contribution in [-0.2, 0) is 0 Å². The van der Waals surface area contributed by atoms with Gasteiger partial charge in [0, 0.05) is 23.7 Å². The van der Waals surface area contributed by atoms with Crippen LogP contribution in [0.15, 0.2) is 42.5 Å². The number of ketones is 1. The highest BCUT2D eigenvalue weighted by Gasteiger charge is 2.28. The number of fused-ring (bicyclic) bond motifs is 2. The predicted molar refractivity (Wildman–Crippen MR) is 74.3 cm³/mol. The van der Waals surface area contributed by atoms with Crippen molar-refractivity contribution < 1.29 is 14.3 Å². The fourth-order valence-electron chi connectivity index (χ4n) is 2.71. The van der Waals surface area contributed by atoms with E-state index in [0.29, 0.717) is 23.5 Å². The smallest absolute Gasteiger partial charge is 0.231 e. The third kappa shape index (κ3) is 1.72. The summed E-state index contributed by atoms with van der Waals surface area (Å²) in [5, 5.41) is 3.42. The van der Waals surface area contributed by atoms with Crippen molar-refractivity contribution in [2.24, 2.45) is 0 Å². The molecule has 1 N–H and O–H groups in total. The molecule has 4 nitrogen and oxygen atoms in total. The summed E-state index contributed by atoms with van der Waals surface area (Å²) in [6, 6.07) is 13.6. The van der Waals surface area contributed by atoms with Crippen LogP contribution < -0.4 is 14.8 Å². The Balaban J connectivity index is 1.74. The molecule has 0 aromatic heterocycles. The minimum atomic E-state index is 0.0107. The predicted octanol–water partition coefficient (Wildman–Crippen LogP) is 3.15. The minimum absolute atomic E-state index is 0.0107. The summed E-state index contributed by atoms with van der Waals surface area (Å²) in [5.41, 5.74) is 2.62. The van der Waals surface area contributed by atoms with Crippen LogP contribution in [0.1, 0.15) is 28.4 Å². The molecule has 0 radical (unpaired) electrons. The number of rotatable bonds is 1. The second-order valence-electron chi connectivity index (χ2n) is 4.99. The van der Waals surface area contributed by atoms with Crippen LogP contribution in [-0.4, -0.2) is 12.6 Å². The van der Waals surface area contributed by atoms with Gasteiger partial charge in [0.1, 0.15) is 0 Å². The van der Waals surface area contributed by atoms with Gasteiger partial charge >= 0.3 is 0 Å². The number of hydrogen-bond acceptors (Lipinski definition) is 4. The van der Waals surface area contributed by atoms with E-state index in [-0.39, 0.29) is 18.6 Å². The quantitative estimate of drug-likeness (QED) is 0.862. The summed E-state index contributed by atoms with van der Waals surface area (Å²) in [7, 11) is 0. The summed E-state index contributed by atoms with van der Waals surface area (Å²) in [4.78, 5) is 12.3. The molecule has 0 saturated heterocycles. The molecule has 2 aromatic rings. The molecule has 2 aliphatic heterocycles. The number of anilines is 1. The molecule has 1 atom stereocenters. The molecule has 2 heterocycles. The Kier molecular flexibility index (Phi) is 2.42. The van der Waals surface area contributed by atoms with Crippen molar-refractivity contribution in [3.05, 3.63) is 53.6 Å². The lowest BCUT2D eigenvalue weighted by atomic mass is 9.92. The largest absolute Gasteiger partial charge is 0.454 e. The first kappa shape index (κ1) is 11.3. The van der Waals surface area contributed by atoms with E-state index in [1.807, 2.05) is 36.4 Å². The van der Waals surface area contributed by atoms with Gasteiger partial charge in [0.15, 0.2) is 17.3 Å². The Bertz CT molecular complexity index is 682. The van der Waals surface area contributed by atoms with Crippen LogP contribution in [0.2, 0.25) is 0 Å². The van der Waals surface area contributed by atoms with Crippen LogP contribution in [0, 0.1) is 0 Å². The van der Waals surface area contributed by atoms with Gasteiger partial charge in [0.2, 0.25) is 6.79 Å². The Morgan fingerprint density at radius 3 is 2.60 bits per heavy atom.